The van der Waals surface area contributed by atoms with Crippen molar-refractivity contribution in [2.24, 2.45) is 5.92 Å². The molecule has 17 heavy (non-hydrogen) atoms. The Morgan fingerprint density at radius 3 is 2.47 bits per heavy atom. The zero-order valence-electron chi connectivity index (χ0n) is 12.3. The minimum Gasteiger partial charge on any atom is -0.310 e. The fourth-order valence-corrected chi connectivity index (χ4v) is 3.14. The number of rotatable bonds is 7. The summed E-state index contributed by atoms with van der Waals surface area (Å²) in [5.41, 5.74) is 0. The SMILES string of the molecule is CCC1CCCC(NC(C)CN(CC)CC)C1. The van der Waals surface area contributed by atoms with Crippen molar-refractivity contribution in [2.75, 3.05) is 19.6 Å². The van der Waals surface area contributed by atoms with Crippen LogP contribution in [0.15, 0.2) is 0 Å². The lowest BCUT2D eigenvalue weighted by atomic mass is 9.84. The average molecular weight is 240 g/mol. The van der Waals surface area contributed by atoms with Gasteiger partial charge in [-0.1, -0.05) is 40.0 Å². The van der Waals surface area contributed by atoms with Crippen LogP contribution in [0.2, 0.25) is 0 Å². The van der Waals surface area contributed by atoms with Crippen molar-refractivity contribution in [1.29, 1.82) is 0 Å². The molecular formula is C15H32N2. The summed E-state index contributed by atoms with van der Waals surface area (Å²) in [6.45, 7) is 12.7. The van der Waals surface area contributed by atoms with Crippen LogP contribution in [-0.2, 0) is 0 Å². The van der Waals surface area contributed by atoms with Gasteiger partial charge in [-0.25, -0.2) is 0 Å². The molecule has 2 nitrogen and oxygen atoms in total. The maximum absolute atomic E-state index is 3.84. The van der Waals surface area contributed by atoms with E-state index in [1.807, 2.05) is 0 Å². The molecular weight excluding hydrogens is 208 g/mol. The van der Waals surface area contributed by atoms with Crippen molar-refractivity contribution in [3.63, 3.8) is 0 Å². The van der Waals surface area contributed by atoms with E-state index in [0.29, 0.717) is 6.04 Å². The fraction of sp³-hybridized carbons (Fsp3) is 1.00. The van der Waals surface area contributed by atoms with Crippen molar-refractivity contribution in [2.45, 2.75) is 71.9 Å². The molecule has 0 bridgehead atoms. The van der Waals surface area contributed by atoms with Gasteiger partial charge in [-0.3, -0.25) is 0 Å². The molecule has 0 heterocycles. The Balaban J connectivity index is 2.27. The molecule has 0 radical (unpaired) electrons. The van der Waals surface area contributed by atoms with Crippen LogP contribution in [0.3, 0.4) is 0 Å². The molecule has 3 atom stereocenters. The van der Waals surface area contributed by atoms with Gasteiger partial charge in [0.05, 0.1) is 0 Å². The summed E-state index contributed by atoms with van der Waals surface area (Å²) in [6.07, 6.45) is 7.04. The van der Waals surface area contributed by atoms with Gasteiger partial charge in [0.2, 0.25) is 0 Å². The second-order valence-electron chi connectivity index (χ2n) is 5.69. The van der Waals surface area contributed by atoms with Crippen molar-refractivity contribution in [1.82, 2.24) is 10.2 Å². The smallest absolute Gasteiger partial charge is 0.0169 e. The third-order valence-electron chi connectivity index (χ3n) is 4.31. The highest BCUT2D eigenvalue weighted by Crippen LogP contribution is 2.26. The van der Waals surface area contributed by atoms with Gasteiger partial charge < -0.3 is 10.2 Å². The standard InChI is InChI=1S/C15H32N2/c1-5-14-9-8-10-15(11-14)16-13(4)12-17(6-2)7-3/h13-16H,5-12H2,1-4H3. The van der Waals surface area contributed by atoms with Crippen molar-refractivity contribution in [3.05, 3.63) is 0 Å². The lowest BCUT2D eigenvalue weighted by Gasteiger charge is -2.33. The van der Waals surface area contributed by atoms with E-state index in [-0.39, 0.29) is 0 Å². The van der Waals surface area contributed by atoms with E-state index in [2.05, 4.69) is 37.9 Å². The predicted molar refractivity (Wildman–Crippen MR) is 76.4 cm³/mol. The lowest BCUT2D eigenvalue weighted by molar-refractivity contribution is 0.226. The Labute approximate surface area is 108 Å². The molecule has 0 aromatic heterocycles. The molecule has 2 heteroatoms. The Kier molecular flexibility index (Phi) is 7.14. The molecule has 1 aliphatic carbocycles. The monoisotopic (exact) mass is 240 g/mol. The summed E-state index contributed by atoms with van der Waals surface area (Å²) in [5, 5.41) is 3.84. The first-order valence-corrected chi connectivity index (χ1v) is 7.67. The molecule has 1 aliphatic rings. The van der Waals surface area contributed by atoms with Gasteiger partial charge in [0.1, 0.15) is 0 Å². The summed E-state index contributed by atoms with van der Waals surface area (Å²) >= 11 is 0. The average Bonchev–Trinajstić information content (AvgIpc) is 2.36. The zero-order chi connectivity index (χ0) is 12.7. The molecule has 3 unspecified atom stereocenters. The maximum atomic E-state index is 3.84. The van der Waals surface area contributed by atoms with E-state index >= 15 is 0 Å². The predicted octanol–water partition coefficient (Wildman–Crippen LogP) is 3.28. The van der Waals surface area contributed by atoms with Gasteiger partial charge in [0, 0.05) is 18.6 Å². The quantitative estimate of drug-likeness (QED) is 0.735. The van der Waals surface area contributed by atoms with E-state index in [4.69, 9.17) is 0 Å². The first-order chi connectivity index (χ1) is 8.19. The normalized spacial score (nSPS) is 27.4. The molecule has 1 N–H and O–H groups in total. The fourth-order valence-electron chi connectivity index (χ4n) is 3.14. The van der Waals surface area contributed by atoms with Crippen molar-refractivity contribution >= 4 is 0 Å². The van der Waals surface area contributed by atoms with Crippen LogP contribution in [0.4, 0.5) is 0 Å². The third kappa shape index (κ3) is 5.39. The molecule has 0 aromatic carbocycles. The van der Waals surface area contributed by atoms with E-state index in [1.165, 1.54) is 51.7 Å². The third-order valence-corrected chi connectivity index (χ3v) is 4.31. The van der Waals surface area contributed by atoms with E-state index < -0.39 is 0 Å². The van der Waals surface area contributed by atoms with Crippen LogP contribution in [0.25, 0.3) is 0 Å². The molecule has 1 saturated carbocycles. The Morgan fingerprint density at radius 2 is 1.88 bits per heavy atom. The van der Waals surface area contributed by atoms with Crippen LogP contribution in [0.1, 0.15) is 59.8 Å². The second-order valence-corrected chi connectivity index (χ2v) is 5.69. The number of likely N-dealkylation sites (N-methyl/N-ethyl adjacent to an activating group) is 1. The molecule has 0 aromatic rings. The van der Waals surface area contributed by atoms with Gasteiger partial charge in [0.25, 0.3) is 0 Å². The lowest BCUT2D eigenvalue weighted by Crippen LogP contribution is -2.45. The zero-order valence-corrected chi connectivity index (χ0v) is 12.3. The highest BCUT2D eigenvalue weighted by atomic mass is 15.1. The van der Waals surface area contributed by atoms with Gasteiger partial charge >= 0.3 is 0 Å². The van der Waals surface area contributed by atoms with Crippen LogP contribution < -0.4 is 5.32 Å². The summed E-state index contributed by atoms with van der Waals surface area (Å²) in [4.78, 5) is 2.51. The Bertz CT molecular complexity index is 189. The number of nitrogens with one attached hydrogen (secondary N) is 1. The van der Waals surface area contributed by atoms with Gasteiger partial charge in [-0.05, 0) is 38.8 Å². The van der Waals surface area contributed by atoms with Gasteiger partial charge in [-0.2, -0.15) is 0 Å². The molecule has 1 fully saturated rings. The Morgan fingerprint density at radius 1 is 1.18 bits per heavy atom. The highest BCUT2D eigenvalue weighted by molar-refractivity contribution is 4.80. The molecule has 1 rings (SSSR count). The van der Waals surface area contributed by atoms with Crippen LogP contribution in [0, 0.1) is 5.92 Å². The topological polar surface area (TPSA) is 15.3 Å². The van der Waals surface area contributed by atoms with E-state index in [9.17, 15) is 0 Å². The van der Waals surface area contributed by atoms with Crippen LogP contribution >= 0.6 is 0 Å². The molecule has 0 saturated heterocycles. The van der Waals surface area contributed by atoms with E-state index in [0.717, 1.165) is 12.0 Å². The largest absolute Gasteiger partial charge is 0.310 e. The summed E-state index contributed by atoms with van der Waals surface area (Å²) < 4.78 is 0. The minimum atomic E-state index is 0.635. The summed E-state index contributed by atoms with van der Waals surface area (Å²) in [7, 11) is 0. The molecule has 102 valence electrons. The number of hydrogen-bond donors (Lipinski definition) is 1. The first-order valence-electron chi connectivity index (χ1n) is 7.67. The minimum absolute atomic E-state index is 0.635. The molecule has 0 amide bonds. The molecule has 0 spiro atoms. The van der Waals surface area contributed by atoms with Crippen molar-refractivity contribution < 1.29 is 0 Å². The van der Waals surface area contributed by atoms with Gasteiger partial charge in [0.15, 0.2) is 0 Å². The summed E-state index contributed by atoms with van der Waals surface area (Å²) in [6, 6.07) is 1.41. The van der Waals surface area contributed by atoms with Crippen LogP contribution in [0.5, 0.6) is 0 Å². The second kappa shape index (κ2) is 8.10. The Hall–Kier alpha value is -0.0800. The first kappa shape index (κ1) is 15.0. The maximum Gasteiger partial charge on any atom is 0.0169 e. The number of hydrogen-bond acceptors (Lipinski definition) is 2. The number of nitrogens with zero attached hydrogens (tertiary/aromatic N) is 1. The highest BCUT2D eigenvalue weighted by Gasteiger charge is 2.22. The molecule has 0 aliphatic heterocycles. The van der Waals surface area contributed by atoms with E-state index in [1.54, 1.807) is 0 Å². The van der Waals surface area contributed by atoms with Gasteiger partial charge in [-0.15, -0.1) is 0 Å². The van der Waals surface area contributed by atoms with Crippen molar-refractivity contribution in [3.8, 4) is 0 Å². The summed E-state index contributed by atoms with van der Waals surface area (Å²) in [5.74, 6) is 0.974. The van der Waals surface area contributed by atoms with Crippen LogP contribution in [-0.4, -0.2) is 36.6 Å².